The molecule has 180 valence electrons. The van der Waals surface area contributed by atoms with E-state index in [4.69, 9.17) is 4.74 Å². The molecule has 1 amide bonds. The van der Waals surface area contributed by atoms with Gasteiger partial charge in [0, 0.05) is 5.56 Å². The number of methoxy groups -OCH3 is 1. The summed E-state index contributed by atoms with van der Waals surface area (Å²) in [5, 5.41) is 2.69. The SMILES string of the molecule is COc1ccccc1[C@H](C)NC(=O)CN(c1cccc(C(F)(F)F)c1)S(=O)(=O)c1ccccc1. The molecular formula is C24H23F3N2O4S. The Labute approximate surface area is 196 Å². The van der Waals surface area contributed by atoms with E-state index in [9.17, 15) is 26.4 Å². The molecule has 6 nitrogen and oxygen atoms in total. The average Bonchev–Trinajstić information content (AvgIpc) is 2.82. The number of sulfonamides is 1. The minimum atomic E-state index is -4.68. The highest BCUT2D eigenvalue weighted by atomic mass is 32.2. The zero-order valence-electron chi connectivity index (χ0n) is 18.4. The number of carbonyl (C=O) groups is 1. The second-order valence-corrected chi connectivity index (χ2v) is 9.27. The lowest BCUT2D eigenvalue weighted by atomic mass is 10.1. The molecule has 0 unspecified atom stereocenters. The Morgan fingerprint density at radius 1 is 1.00 bits per heavy atom. The Bertz CT molecular complexity index is 1250. The van der Waals surface area contributed by atoms with Crippen LogP contribution in [0, 0.1) is 0 Å². The molecule has 0 aliphatic heterocycles. The quantitative estimate of drug-likeness (QED) is 0.491. The van der Waals surface area contributed by atoms with Crippen molar-refractivity contribution in [3.63, 3.8) is 0 Å². The van der Waals surface area contributed by atoms with Crippen LogP contribution >= 0.6 is 0 Å². The third kappa shape index (κ3) is 5.69. The van der Waals surface area contributed by atoms with Gasteiger partial charge in [0.2, 0.25) is 5.91 Å². The van der Waals surface area contributed by atoms with Gasteiger partial charge in [0.25, 0.3) is 10.0 Å². The molecular weight excluding hydrogens is 469 g/mol. The number of hydrogen-bond acceptors (Lipinski definition) is 4. The molecule has 1 atom stereocenters. The fourth-order valence-corrected chi connectivity index (χ4v) is 4.83. The number of halogens is 3. The van der Waals surface area contributed by atoms with E-state index in [0.717, 1.165) is 12.1 Å². The van der Waals surface area contributed by atoms with Crippen LogP contribution in [0.15, 0.2) is 83.8 Å². The fraction of sp³-hybridized carbons (Fsp3) is 0.208. The highest BCUT2D eigenvalue weighted by Gasteiger charge is 2.33. The summed E-state index contributed by atoms with van der Waals surface area (Å²) in [7, 11) is -2.86. The molecule has 0 fully saturated rings. The van der Waals surface area contributed by atoms with Gasteiger partial charge in [-0.2, -0.15) is 13.2 Å². The van der Waals surface area contributed by atoms with Gasteiger partial charge in [-0.1, -0.05) is 42.5 Å². The van der Waals surface area contributed by atoms with Crippen LogP contribution in [0.1, 0.15) is 24.1 Å². The molecule has 0 aliphatic rings. The summed E-state index contributed by atoms with van der Waals surface area (Å²) in [5.74, 6) is -0.169. The van der Waals surface area contributed by atoms with Crippen LogP contribution in [-0.4, -0.2) is 28.0 Å². The first kappa shape index (κ1) is 25.1. The predicted octanol–water partition coefficient (Wildman–Crippen LogP) is 4.79. The van der Waals surface area contributed by atoms with E-state index in [-0.39, 0.29) is 10.6 Å². The van der Waals surface area contributed by atoms with Crippen LogP contribution < -0.4 is 14.4 Å². The maximum absolute atomic E-state index is 13.3. The van der Waals surface area contributed by atoms with Crippen molar-refractivity contribution in [3.8, 4) is 5.75 Å². The van der Waals surface area contributed by atoms with Gasteiger partial charge in [-0.25, -0.2) is 8.42 Å². The van der Waals surface area contributed by atoms with E-state index >= 15 is 0 Å². The van der Waals surface area contributed by atoms with Gasteiger partial charge in [-0.15, -0.1) is 0 Å². The van der Waals surface area contributed by atoms with Crippen molar-refractivity contribution in [2.24, 2.45) is 0 Å². The number of anilines is 1. The molecule has 3 aromatic carbocycles. The summed E-state index contributed by atoms with van der Waals surface area (Å²) in [5.41, 5.74) is -0.644. The lowest BCUT2D eigenvalue weighted by Crippen LogP contribution is -2.41. The third-order valence-electron chi connectivity index (χ3n) is 5.06. The number of nitrogens with one attached hydrogen (secondary N) is 1. The summed E-state index contributed by atoms with van der Waals surface area (Å²) >= 11 is 0. The molecule has 0 spiro atoms. The molecule has 0 aromatic heterocycles. The molecule has 0 bridgehead atoms. The van der Waals surface area contributed by atoms with Crippen LogP contribution in [-0.2, 0) is 21.0 Å². The number of ether oxygens (including phenoxy) is 1. The number of para-hydroxylation sites is 1. The van der Waals surface area contributed by atoms with E-state index in [1.807, 2.05) is 0 Å². The number of carbonyl (C=O) groups excluding carboxylic acids is 1. The monoisotopic (exact) mass is 492 g/mol. The molecule has 0 heterocycles. The van der Waals surface area contributed by atoms with Crippen molar-refractivity contribution in [1.29, 1.82) is 0 Å². The first-order chi connectivity index (χ1) is 16.0. The first-order valence-corrected chi connectivity index (χ1v) is 11.7. The minimum Gasteiger partial charge on any atom is -0.496 e. The Kier molecular flexibility index (Phi) is 7.51. The molecule has 10 heteroatoms. The topological polar surface area (TPSA) is 75.7 Å². The molecule has 0 aliphatic carbocycles. The largest absolute Gasteiger partial charge is 0.496 e. The maximum Gasteiger partial charge on any atom is 0.416 e. The van der Waals surface area contributed by atoms with Crippen molar-refractivity contribution in [2.75, 3.05) is 18.0 Å². The van der Waals surface area contributed by atoms with Crippen LogP contribution in [0.2, 0.25) is 0 Å². The maximum atomic E-state index is 13.3. The van der Waals surface area contributed by atoms with Crippen molar-refractivity contribution in [2.45, 2.75) is 24.0 Å². The number of rotatable bonds is 8. The molecule has 3 aromatic rings. The highest BCUT2D eigenvalue weighted by molar-refractivity contribution is 7.92. The Balaban J connectivity index is 1.96. The smallest absolute Gasteiger partial charge is 0.416 e. The Morgan fingerprint density at radius 2 is 1.65 bits per heavy atom. The van der Waals surface area contributed by atoms with Crippen LogP contribution in [0.5, 0.6) is 5.75 Å². The molecule has 0 saturated carbocycles. The number of hydrogen-bond donors (Lipinski definition) is 1. The molecule has 0 saturated heterocycles. The molecule has 3 rings (SSSR count). The van der Waals surface area contributed by atoms with Gasteiger partial charge in [-0.05, 0) is 43.3 Å². The Morgan fingerprint density at radius 3 is 2.29 bits per heavy atom. The fourth-order valence-electron chi connectivity index (χ4n) is 3.39. The van der Waals surface area contributed by atoms with Gasteiger partial charge >= 0.3 is 6.18 Å². The zero-order valence-corrected chi connectivity index (χ0v) is 19.2. The highest BCUT2D eigenvalue weighted by Crippen LogP contribution is 2.33. The van der Waals surface area contributed by atoms with Gasteiger partial charge in [0.05, 0.1) is 29.3 Å². The normalized spacial score (nSPS) is 12.6. The minimum absolute atomic E-state index is 0.155. The number of nitrogens with zero attached hydrogens (tertiary/aromatic N) is 1. The van der Waals surface area contributed by atoms with Gasteiger partial charge < -0.3 is 10.1 Å². The molecule has 1 N–H and O–H groups in total. The number of benzene rings is 3. The summed E-state index contributed by atoms with van der Waals surface area (Å²) in [6.45, 7) is 0.966. The van der Waals surface area contributed by atoms with Gasteiger partial charge in [-0.3, -0.25) is 9.10 Å². The summed E-state index contributed by atoms with van der Waals surface area (Å²) in [6, 6.07) is 17.5. The zero-order chi connectivity index (χ0) is 24.9. The average molecular weight is 493 g/mol. The van der Waals surface area contributed by atoms with Gasteiger partial charge in [0.15, 0.2) is 0 Å². The third-order valence-corrected chi connectivity index (χ3v) is 6.85. The van der Waals surface area contributed by atoms with E-state index in [1.165, 1.54) is 37.4 Å². The molecule has 0 radical (unpaired) electrons. The van der Waals surface area contributed by atoms with Crippen molar-refractivity contribution in [3.05, 3.63) is 90.0 Å². The summed E-state index contributed by atoms with van der Waals surface area (Å²) in [6.07, 6.45) is -4.68. The second-order valence-electron chi connectivity index (χ2n) is 7.40. The summed E-state index contributed by atoms with van der Waals surface area (Å²) in [4.78, 5) is 12.7. The summed E-state index contributed by atoms with van der Waals surface area (Å²) < 4.78 is 72.5. The van der Waals surface area contributed by atoms with Crippen LogP contribution in [0.25, 0.3) is 0 Å². The van der Waals surface area contributed by atoms with Crippen molar-refractivity contribution >= 4 is 21.6 Å². The van der Waals surface area contributed by atoms with E-state index < -0.39 is 40.3 Å². The standard InChI is InChI=1S/C24H23F3N2O4S/c1-17(21-13-6-7-14-22(21)33-2)28-23(30)16-29(34(31,32)20-11-4-3-5-12-20)19-10-8-9-18(15-19)24(25,26)27/h3-15,17H,16H2,1-2H3,(H,28,30)/t17-/m0/s1. The van der Waals surface area contributed by atoms with Crippen LogP contribution in [0.4, 0.5) is 18.9 Å². The van der Waals surface area contributed by atoms with Crippen molar-refractivity contribution < 1.29 is 31.1 Å². The van der Waals surface area contributed by atoms with Crippen molar-refractivity contribution in [1.82, 2.24) is 5.32 Å². The number of alkyl halides is 3. The first-order valence-electron chi connectivity index (χ1n) is 10.2. The lowest BCUT2D eigenvalue weighted by molar-refractivity contribution is -0.137. The Hall–Kier alpha value is -3.53. The molecule has 34 heavy (non-hydrogen) atoms. The van der Waals surface area contributed by atoms with Gasteiger partial charge in [0.1, 0.15) is 12.3 Å². The second kappa shape index (κ2) is 10.2. The van der Waals surface area contributed by atoms with E-state index in [1.54, 1.807) is 37.3 Å². The predicted molar refractivity (Wildman–Crippen MR) is 122 cm³/mol. The van der Waals surface area contributed by atoms with E-state index in [2.05, 4.69) is 5.32 Å². The van der Waals surface area contributed by atoms with Crippen LogP contribution in [0.3, 0.4) is 0 Å². The lowest BCUT2D eigenvalue weighted by Gasteiger charge is -2.26. The number of amides is 1. The van der Waals surface area contributed by atoms with E-state index in [0.29, 0.717) is 21.7 Å².